The quantitative estimate of drug-likeness (QED) is 0.698. The van der Waals surface area contributed by atoms with Crippen LogP contribution in [0.4, 0.5) is 0 Å². The zero-order valence-corrected chi connectivity index (χ0v) is 13.9. The Morgan fingerprint density at radius 2 is 1.74 bits per heavy atom. The first-order chi connectivity index (χ1) is 11.2. The van der Waals surface area contributed by atoms with Crippen molar-refractivity contribution in [2.24, 2.45) is 0 Å². The molecule has 0 atom stereocenters. The summed E-state index contributed by atoms with van der Waals surface area (Å²) < 4.78 is 21.1. The number of morpholine rings is 1. The maximum Gasteiger partial charge on any atom is 0.251 e. The van der Waals surface area contributed by atoms with Gasteiger partial charge in [0.15, 0.2) is 11.5 Å². The lowest BCUT2D eigenvalue weighted by Crippen LogP contribution is -3.14. The maximum atomic E-state index is 12.3. The molecule has 0 aromatic heterocycles. The Balaban J connectivity index is 1.98. The summed E-state index contributed by atoms with van der Waals surface area (Å²) in [4.78, 5) is 13.8. The average Bonchev–Trinajstić information content (AvgIpc) is 2.61. The van der Waals surface area contributed by atoms with E-state index in [9.17, 15) is 4.79 Å². The Hall–Kier alpha value is -1.99. The van der Waals surface area contributed by atoms with Gasteiger partial charge in [-0.25, -0.2) is 0 Å². The predicted octanol–water partition coefficient (Wildman–Crippen LogP) is -0.643. The lowest BCUT2D eigenvalue weighted by atomic mass is 10.1. The number of carbonyl (C=O) groups is 1. The van der Waals surface area contributed by atoms with Crippen LogP contribution in [-0.2, 0) is 4.74 Å². The molecule has 7 nitrogen and oxygen atoms in total. The van der Waals surface area contributed by atoms with E-state index in [-0.39, 0.29) is 5.91 Å². The Labute approximate surface area is 136 Å². The van der Waals surface area contributed by atoms with Crippen LogP contribution >= 0.6 is 0 Å². The highest BCUT2D eigenvalue weighted by Gasteiger charge is 2.18. The van der Waals surface area contributed by atoms with Gasteiger partial charge in [0.2, 0.25) is 5.75 Å². The fourth-order valence-corrected chi connectivity index (χ4v) is 2.58. The third-order valence-electron chi connectivity index (χ3n) is 3.89. The van der Waals surface area contributed by atoms with Crippen molar-refractivity contribution < 1.29 is 28.6 Å². The molecule has 1 amide bonds. The van der Waals surface area contributed by atoms with Crippen LogP contribution < -0.4 is 24.4 Å². The maximum absolute atomic E-state index is 12.3. The molecule has 0 unspecified atom stereocenters. The number of benzene rings is 1. The highest BCUT2D eigenvalue weighted by molar-refractivity contribution is 5.95. The molecule has 2 N–H and O–H groups in total. The number of hydrogen-bond acceptors (Lipinski definition) is 5. The Morgan fingerprint density at radius 1 is 1.13 bits per heavy atom. The van der Waals surface area contributed by atoms with Crippen molar-refractivity contribution in [3.63, 3.8) is 0 Å². The van der Waals surface area contributed by atoms with Crippen LogP contribution in [0.25, 0.3) is 0 Å². The molecule has 0 saturated carbocycles. The Kier molecular flexibility index (Phi) is 6.49. The van der Waals surface area contributed by atoms with E-state index in [4.69, 9.17) is 18.9 Å². The minimum atomic E-state index is -0.156. The Morgan fingerprint density at radius 3 is 2.26 bits per heavy atom. The highest BCUT2D eigenvalue weighted by atomic mass is 16.5. The van der Waals surface area contributed by atoms with Crippen LogP contribution in [0.5, 0.6) is 17.2 Å². The van der Waals surface area contributed by atoms with Crippen molar-refractivity contribution in [2.45, 2.75) is 0 Å². The summed E-state index contributed by atoms with van der Waals surface area (Å²) in [5.74, 6) is 1.26. The molecule has 0 spiro atoms. The molecule has 0 radical (unpaired) electrons. The average molecular weight is 325 g/mol. The van der Waals surface area contributed by atoms with Gasteiger partial charge in [-0.2, -0.15) is 0 Å². The molecule has 1 aromatic rings. The van der Waals surface area contributed by atoms with E-state index < -0.39 is 0 Å². The van der Waals surface area contributed by atoms with Crippen molar-refractivity contribution in [1.82, 2.24) is 5.32 Å². The summed E-state index contributed by atoms with van der Waals surface area (Å²) in [5.41, 5.74) is 0.483. The smallest absolute Gasteiger partial charge is 0.251 e. The van der Waals surface area contributed by atoms with E-state index in [0.717, 1.165) is 32.8 Å². The van der Waals surface area contributed by atoms with Crippen molar-refractivity contribution >= 4 is 5.91 Å². The van der Waals surface area contributed by atoms with Crippen molar-refractivity contribution in [3.05, 3.63) is 17.7 Å². The van der Waals surface area contributed by atoms with E-state index in [1.165, 1.54) is 26.2 Å². The monoisotopic (exact) mass is 325 g/mol. The summed E-state index contributed by atoms with van der Waals surface area (Å²) in [7, 11) is 4.59. The molecule has 1 aliphatic heterocycles. The number of carbonyl (C=O) groups excluding carboxylic acids is 1. The molecule has 128 valence electrons. The SMILES string of the molecule is COc1cc(C(=O)NCC[NH+]2CCOCC2)cc(OC)c1OC. The summed E-state index contributed by atoms with van der Waals surface area (Å²) in [6.07, 6.45) is 0. The first-order valence-corrected chi connectivity index (χ1v) is 7.69. The van der Waals surface area contributed by atoms with Crippen molar-refractivity contribution in [1.29, 1.82) is 0 Å². The van der Waals surface area contributed by atoms with Gasteiger partial charge in [-0.05, 0) is 12.1 Å². The molecule has 1 aliphatic rings. The third kappa shape index (κ3) is 4.49. The number of nitrogens with one attached hydrogen (secondary N) is 2. The number of hydrogen-bond donors (Lipinski definition) is 2. The van der Waals surface area contributed by atoms with Crippen LogP contribution in [0.1, 0.15) is 10.4 Å². The molecule has 23 heavy (non-hydrogen) atoms. The second-order valence-corrected chi connectivity index (χ2v) is 5.28. The van der Waals surface area contributed by atoms with Crippen LogP contribution in [0.2, 0.25) is 0 Å². The molecular weight excluding hydrogens is 300 g/mol. The highest BCUT2D eigenvalue weighted by Crippen LogP contribution is 2.38. The van der Waals surface area contributed by atoms with E-state index in [1.807, 2.05) is 0 Å². The first-order valence-electron chi connectivity index (χ1n) is 7.69. The van der Waals surface area contributed by atoms with Crippen LogP contribution in [0.3, 0.4) is 0 Å². The van der Waals surface area contributed by atoms with Gasteiger partial charge in [-0.3, -0.25) is 4.79 Å². The lowest BCUT2D eigenvalue weighted by molar-refractivity contribution is -0.906. The van der Waals surface area contributed by atoms with Gasteiger partial charge in [0, 0.05) is 5.56 Å². The summed E-state index contributed by atoms with van der Waals surface area (Å²) >= 11 is 0. The second-order valence-electron chi connectivity index (χ2n) is 5.28. The summed E-state index contributed by atoms with van der Waals surface area (Å²) in [5, 5.41) is 2.93. The first kappa shape index (κ1) is 17.4. The molecule has 1 heterocycles. The number of methoxy groups -OCH3 is 3. The van der Waals surface area contributed by atoms with E-state index in [0.29, 0.717) is 29.4 Å². The summed E-state index contributed by atoms with van der Waals surface area (Å²) in [6, 6.07) is 3.30. The topological polar surface area (TPSA) is 70.5 Å². The predicted molar refractivity (Wildman–Crippen MR) is 84.8 cm³/mol. The second kappa shape index (κ2) is 8.59. The van der Waals surface area contributed by atoms with Gasteiger partial charge in [0.1, 0.15) is 13.1 Å². The van der Waals surface area contributed by atoms with Gasteiger partial charge in [0.25, 0.3) is 5.91 Å². The Bertz CT molecular complexity index is 504. The van der Waals surface area contributed by atoms with Crippen molar-refractivity contribution in [3.8, 4) is 17.2 Å². The fraction of sp³-hybridized carbons (Fsp3) is 0.562. The summed E-state index contributed by atoms with van der Waals surface area (Å²) in [6.45, 7) is 5.05. The minimum absolute atomic E-state index is 0.156. The standard InChI is InChI=1S/C16H24N2O5/c1-20-13-10-12(11-14(21-2)15(13)22-3)16(19)17-4-5-18-6-8-23-9-7-18/h10-11H,4-9H2,1-3H3,(H,17,19)/p+1. The van der Waals surface area contributed by atoms with Crippen molar-refractivity contribution in [2.75, 3.05) is 60.7 Å². The van der Waals surface area contributed by atoms with Gasteiger partial charge >= 0.3 is 0 Å². The zero-order chi connectivity index (χ0) is 16.7. The van der Waals surface area contributed by atoms with E-state index >= 15 is 0 Å². The molecular formula is C16H25N2O5+. The number of quaternary nitrogens is 1. The van der Waals surface area contributed by atoms with E-state index in [2.05, 4.69) is 5.32 Å². The van der Waals surface area contributed by atoms with Gasteiger partial charge in [0.05, 0.1) is 47.6 Å². The third-order valence-corrected chi connectivity index (χ3v) is 3.89. The minimum Gasteiger partial charge on any atom is -0.493 e. The lowest BCUT2D eigenvalue weighted by Gasteiger charge is -2.23. The zero-order valence-electron chi connectivity index (χ0n) is 13.9. The number of amides is 1. The molecule has 2 rings (SSSR count). The molecule has 1 aromatic carbocycles. The fourth-order valence-electron chi connectivity index (χ4n) is 2.58. The molecule has 1 saturated heterocycles. The molecule has 0 bridgehead atoms. The molecule has 0 aliphatic carbocycles. The van der Waals surface area contributed by atoms with Gasteiger partial charge in [-0.15, -0.1) is 0 Å². The number of ether oxygens (including phenoxy) is 4. The molecule has 7 heteroatoms. The van der Waals surface area contributed by atoms with Crippen LogP contribution in [-0.4, -0.2) is 66.6 Å². The number of rotatable bonds is 7. The normalized spacial score (nSPS) is 15.1. The van der Waals surface area contributed by atoms with Crippen LogP contribution in [0.15, 0.2) is 12.1 Å². The van der Waals surface area contributed by atoms with E-state index in [1.54, 1.807) is 12.1 Å². The van der Waals surface area contributed by atoms with Gasteiger partial charge in [-0.1, -0.05) is 0 Å². The molecule has 1 fully saturated rings. The van der Waals surface area contributed by atoms with Gasteiger partial charge < -0.3 is 29.2 Å². The largest absolute Gasteiger partial charge is 0.493 e. The van der Waals surface area contributed by atoms with Crippen LogP contribution in [0, 0.1) is 0 Å².